The van der Waals surface area contributed by atoms with Gasteiger partial charge in [-0.2, -0.15) is 13.2 Å². The van der Waals surface area contributed by atoms with Crippen LogP contribution in [0.3, 0.4) is 0 Å². The second-order valence-corrected chi connectivity index (χ2v) is 8.64. The number of benzene rings is 2. The zero-order chi connectivity index (χ0) is 25.6. The first-order chi connectivity index (χ1) is 16.6. The van der Waals surface area contributed by atoms with Crippen LogP contribution in [0.25, 0.3) is 0 Å². The number of methoxy groups -OCH3 is 1. The zero-order valence-electron chi connectivity index (χ0n) is 19.0. The highest BCUT2D eigenvalue weighted by molar-refractivity contribution is 6.32. The van der Waals surface area contributed by atoms with Gasteiger partial charge in [-0.05, 0) is 59.9 Å². The van der Waals surface area contributed by atoms with Gasteiger partial charge in [0.05, 0.1) is 12.1 Å². The Hall–Kier alpha value is -2.81. The summed E-state index contributed by atoms with van der Waals surface area (Å²) in [5, 5.41) is 7.02. The van der Waals surface area contributed by atoms with E-state index in [2.05, 4.69) is 15.6 Å². The molecule has 0 fully saturated rings. The second kappa shape index (κ2) is 11.7. The number of ether oxygens (including phenoxy) is 1. The van der Waals surface area contributed by atoms with Gasteiger partial charge >= 0.3 is 6.18 Å². The molecule has 3 aromatic rings. The maximum atomic E-state index is 12.9. The van der Waals surface area contributed by atoms with Crippen LogP contribution >= 0.6 is 23.2 Å². The molecule has 0 saturated heterocycles. The van der Waals surface area contributed by atoms with Crippen molar-refractivity contribution in [3.63, 3.8) is 0 Å². The minimum atomic E-state index is -4.50. The van der Waals surface area contributed by atoms with E-state index < -0.39 is 17.9 Å². The van der Waals surface area contributed by atoms with E-state index in [9.17, 15) is 18.0 Å². The molecule has 1 amide bonds. The average Bonchev–Trinajstić information content (AvgIpc) is 2.84. The van der Waals surface area contributed by atoms with Crippen LogP contribution in [0.4, 0.5) is 13.2 Å². The number of nitrogens with one attached hydrogen (secondary N) is 2. The van der Waals surface area contributed by atoms with Gasteiger partial charge < -0.3 is 10.1 Å². The smallest absolute Gasteiger partial charge is 0.433 e. The van der Waals surface area contributed by atoms with Gasteiger partial charge in [0.15, 0.2) is 0 Å². The number of halogens is 5. The van der Waals surface area contributed by atoms with Crippen LogP contribution in [0.15, 0.2) is 60.8 Å². The molecule has 2 atom stereocenters. The molecule has 5 nitrogen and oxygen atoms in total. The molecule has 0 bridgehead atoms. The van der Waals surface area contributed by atoms with Crippen LogP contribution < -0.4 is 15.4 Å². The number of carbonyl (C=O) groups is 1. The largest absolute Gasteiger partial charge is 0.495 e. The van der Waals surface area contributed by atoms with Crippen molar-refractivity contribution in [2.45, 2.75) is 31.1 Å². The Bertz CT molecular complexity index is 1140. The van der Waals surface area contributed by atoms with Crippen LogP contribution in [-0.4, -0.2) is 25.0 Å². The number of aryl methyl sites for hydroxylation is 1. The van der Waals surface area contributed by atoms with E-state index in [4.69, 9.17) is 27.9 Å². The highest BCUT2D eigenvalue weighted by Crippen LogP contribution is 2.32. The van der Waals surface area contributed by atoms with Gasteiger partial charge in [0.1, 0.15) is 17.5 Å². The molecular weight excluding hydrogens is 502 g/mol. The lowest BCUT2D eigenvalue weighted by atomic mass is 9.96. The summed E-state index contributed by atoms with van der Waals surface area (Å²) in [6.07, 6.45) is -2.41. The second-order valence-electron chi connectivity index (χ2n) is 7.80. The van der Waals surface area contributed by atoms with Crippen LogP contribution in [-0.2, 0) is 17.4 Å². The van der Waals surface area contributed by atoms with Crippen molar-refractivity contribution < 1.29 is 22.7 Å². The van der Waals surface area contributed by atoms with Crippen molar-refractivity contribution in [3.05, 3.63) is 93.2 Å². The van der Waals surface area contributed by atoms with E-state index in [0.717, 1.165) is 11.6 Å². The van der Waals surface area contributed by atoms with Crippen molar-refractivity contribution in [1.82, 2.24) is 15.6 Å². The number of nitrogens with zero attached hydrogens (tertiary/aromatic N) is 1. The highest BCUT2D eigenvalue weighted by atomic mass is 35.5. The Morgan fingerprint density at radius 2 is 1.74 bits per heavy atom. The lowest BCUT2D eigenvalue weighted by Gasteiger charge is -2.26. The molecule has 186 valence electrons. The molecule has 1 aromatic heterocycles. The summed E-state index contributed by atoms with van der Waals surface area (Å²) < 4.78 is 43.9. The number of amides is 1. The third-order valence-electron chi connectivity index (χ3n) is 5.49. The summed E-state index contributed by atoms with van der Waals surface area (Å²) >= 11 is 12.2. The van der Waals surface area contributed by atoms with Gasteiger partial charge in [-0.25, -0.2) is 0 Å². The lowest BCUT2D eigenvalue weighted by Crippen LogP contribution is -2.38. The van der Waals surface area contributed by atoms with Crippen LogP contribution in [0.5, 0.6) is 5.75 Å². The summed E-state index contributed by atoms with van der Waals surface area (Å²) in [5.41, 5.74) is 1.19. The standard InChI is InChI=1S/C25H24Cl2F3N3O2/c1-31-24(34)23(16-5-8-18(26)9-6-16)33-20(17-7-10-19(27)21(13-17)35-2)11-3-15-4-12-22(32-14-15)25(28,29)30/h4-10,12-14,20,23,33H,3,11H2,1-2H3,(H,31,34)/t20-,23-/m0/s1. The molecule has 0 aliphatic heterocycles. The fourth-order valence-corrected chi connectivity index (χ4v) is 3.94. The maximum absolute atomic E-state index is 12.9. The number of hydrogen-bond donors (Lipinski definition) is 2. The predicted octanol–water partition coefficient (Wildman–Crippen LogP) is 6.17. The van der Waals surface area contributed by atoms with E-state index in [-0.39, 0.29) is 11.9 Å². The molecule has 2 N–H and O–H groups in total. The predicted molar refractivity (Wildman–Crippen MR) is 130 cm³/mol. The number of hydrogen-bond acceptors (Lipinski definition) is 4. The van der Waals surface area contributed by atoms with E-state index in [1.54, 1.807) is 43.4 Å². The first-order valence-electron chi connectivity index (χ1n) is 10.7. The summed E-state index contributed by atoms with van der Waals surface area (Å²) in [5.74, 6) is 0.213. The third kappa shape index (κ3) is 7.10. The van der Waals surface area contributed by atoms with Gasteiger partial charge in [-0.3, -0.25) is 15.1 Å². The quantitative estimate of drug-likeness (QED) is 0.350. The molecular formula is C25H24Cl2F3N3O2. The molecule has 0 aliphatic rings. The van der Waals surface area contributed by atoms with E-state index in [1.165, 1.54) is 19.4 Å². The average molecular weight is 526 g/mol. The molecule has 0 radical (unpaired) electrons. The van der Waals surface area contributed by atoms with Crippen LogP contribution in [0, 0.1) is 0 Å². The number of rotatable bonds is 9. The monoisotopic (exact) mass is 525 g/mol. The van der Waals surface area contributed by atoms with Crippen LogP contribution in [0.1, 0.15) is 40.9 Å². The molecule has 0 aliphatic carbocycles. The normalized spacial score (nSPS) is 13.2. The summed E-state index contributed by atoms with van der Waals surface area (Å²) in [7, 11) is 3.05. The third-order valence-corrected chi connectivity index (χ3v) is 6.06. The highest BCUT2D eigenvalue weighted by Gasteiger charge is 2.32. The van der Waals surface area contributed by atoms with E-state index >= 15 is 0 Å². The number of likely N-dealkylation sites (N-methyl/N-ethyl adjacent to an activating group) is 1. The molecule has 3 rings (SSSR count). The Morgan fingerprint density at radius 3 is 2.31 bits per heavy atom. The lowest BCUT2D eigenvalue weighted by molar-refractivity contribution is -0.141. The number of aromatic nitrogens is 1. The van der Waals surface area contributed by atoms with Crippen molar-refractivity contribution in [1.29, 1.82) is 0 Å². The topological polar surface area (TPSA) is 63.2 Å². The summed E-state index contributed by atoms with van der Waals surface area (Å²) in [6.45, 7) is 0. The Morgan fingerprint density at radius 1 is 1.06 bits per heavy atom. The Kier molecular flexibility index (Phi) is 8.99. The molecule has 1 heterocycles. The zero-order valence-corrected chi connectivity index (χ0v) is 20.5. The SMILES string of the molecule is CNC(=O)[C@@H](N[C@@H](CCc1ccc(C(F)(F)F)nc1)c1ccc(Cl)c(OC)c1)c1ccc(Cl)cc1. The van der Waals surface area contributed by atoms with Crippen molar-refractivity contribution >= 4 is 29.1 Å². The molecule has 35 heavy (non-hydrogen) atoms. The minimum Gasteiger partial charge on any atom is -0.495 e. The fourth-order valence-electron chi connectivity index (χ4n) is 3.61. The molecule has 0 saturated carbocycles. The van der Waals surface area contributed by atoms with Crippen molar-refractivity contribution in [2.24, 2.45) is 0 Å². The van der Waals surface area contributed by atoms with Crippen molar-refractivity contribution in [2.75, 3.05) is 14.2 Å². The fraction of sp³-hybridized carbons (Fsp3) is 0.280. The number of pyridine rings is 1. The summed E-state index contributed by atoms with van der Waals surface area (Å²) in [6, 6.07) is 13.5. The molecule has 0 unspecified atom stereocenters. The molecule has 10 heteroatoms. The first-order valence-corrected chi connectivity index (χ1v) is 11.5. The summed E-state index contributed by atoms with van der Waals surface area (Å²) in [4.78, 5) is 16.3. The van der Waals surface area contributed by atoms with Crippen LogP contribution in [0.2, 0.25) is 10.0 Å². The maximum Gasteiger partial charge on any atom is 0.433 e. The van der Waals surface area contributed by atoms with Crippen molar-refractivity contribution in [3.8, 4) is 5.75 Å². The van der Waals surface area contributed by atoms with Gasteiger partial charge in [-0.1, -0.05) is 47.5 Å². The minimum absolute atomic E-state index is 0.255. The Balaban J connectivity index is 1.91. The van der Waals surface area contributed by atoms with Gasteiger partial charge in [-0.15, -0.1) is 0 Å². The van der Waals surface area contributed by atoms with Gasteiger partial charge in [0.2, 0.25) is 5.91 Å². The molecule has 2 aromatic carbocycles. The number of alkyl halides is 3. The van der Waals surface area contributed by atoms with Gasteiger partial charge in [0.25, 0.3) is 0 Å². The first kappa shape index (κ1) is 26.8. The number of carbonyl (C=O) groups excluding carboxylic acids is 1. The van der Waals surface area contributed by atoms with E-state index in [1.807, 2.05) is 6.07 Å². The van der Waals surface area contributed by atoms with E-state index in [0.29, 0.717) is 39.8 Å². The van der Waals surface area contributed by atoms with Gasteiger partial charge in [0, 0.05) is 24.3 Å². The molecule has 0 spiro atoms. The Labute approximate surface area is 211 Å².